The predicted octanol–water partition coefficient (Wildman–Crippen LogP) is 1.21. The highest BCUT2D eigenvalue weighted by Crippen LogP contribution is 2.15. The lowest BCUT2D eigenvalue weighted by Crippen LogP contribution is -2.35. The van der Waals surface area contributed by atoms with E-state index in [1.54, 1.807) is 20.8 Å². The lowest BCUT2D eigenvalue weighted by atomic mass is 10.2. The molecule has 0 atom stereocenters. The highest BCUT2D eigenvalue weighted by Gasteiger charge is 2.30. The number of carbonyl (C=O) groups is 2. The molecule has 0 saturated carbocycles. The Kier molecular flexibility index (Phi) is 2.51. The third-order valence-electron chi connectivity index (χ3n) is 1.49. The van der Waals surface area contributed by atoms with Gasteiger partial charge in [0.25, 0.3) is 0 Å². The van der Waals surface area contributed by atoms with Gasteiger partial charge >= 0.3 is 6.09 Å². The number of ether oxygens (including phenoxy) is 1. The zero-order valence-electron chi connectivity index (χ0n) is 8.40. The SMILES string of the molecule is CC(C)(C)OC(=O)N1CC(=O)C=C1O. The third-order valence-corrected chi connectivity index (χ3v) is 1.49. The normalized spacial score (nSPS) is 16.9. The highest BCUT2D eigenvalue weighted by molar-refractivity contribution is 5.97. The molecule has 0 aromatic rings. The van der Waals surface area contributed by atoms with E-state index in [9.17, 15) is 14.7 Å². The number of hydrogen-bond acceptors (Lipinski definition) is 4. The van der Waals surface area contributed by atoms with Crippen molar-refractivity contribution in [1.29, 1.82) is 0 Å². The average molecular weight is 199 g/mol. The van der Waals surface area contributed by atoms with Crippen LogP contribution in [0.3, 0.4) is 0 Å². The Balaban J connectivity index is 2.64. The number of hydrogen-bond donors (Lipinski definition) is 1. The number of ketones is 1. The summed E-state index contributed by atoms with van der Waals surface area (Å²) >= 11 is 0. The molecule has 1 aliphatic heterocycles. The minimum absolute atomic E-state index is 0.152. The van der Waals surface area contributed by atoms with E-state index in [-0.39, 0.29) is 18.2 Å². The fourth-order valence-electron chi connectivity index (χ4n) is 0.979. The minimum Gasteiger partial charge on any atom is -0.494 e. The van der Waals surface area contributed by atoms with Crippen LogP contribution >= 0.6 is 0 Å². The molecule has 1 amide bonds. The molecule has 0 aromatic heterocycles. The highest BCUT2D eigenvalue weighted by atomic mass is 16.6. The van der Waals surface area contributed by atoms with Crippen LogP contribution < -0.4 is 0 Å². The van der Waals surface area contributed by atoms with Crippen LogP contribution in [0.2, 0.25) is 0 Å². The van der Waals surface area contributed by atoms with Crippen molar-refractivity contribution in [3.63, 3.8) is 0 Å². The Labute approximate surface area is 82.0 Å². The van der Waals surface area contributed by atoms with Gasteiger partial charge in [-0.3, -0.25) is 4.79 Å². The van der Waals surface area contributed by atoms with E-state index in [2.05, 4.69) is 0 Å². The topological polar surface area (TPSA) is 66.8 Å². The largest absolute Gasteiger partial charge is 0.494 e. The second-order valence-electron chi connectivity index (χ2n) is 4.04. The van der Waals surface area contributed by atoms with E-state index in [1.807, 2.05) is 0 Å². The van der Waals surface area contributed by atoms with Crippen molar-refractivity contribution in [2.45, 2.75) is 26.4 Å². The molecule has 0 aliphatic carbocycles. The summed E-state index contributed by atoms with van der Waals surface area (Å²) in [5.41, 5.74) is -0.636. The fourth-order valence-corrected chi connectivity index (χ4v) is 0.979. The van der Waals surface area contributed by atoms with Crippen LogP contribution in [0, 0.1) is 0 Å². The lowest BCUT2D eigenvalue weighted by Gasteiger charge is -2.23. The van der Waals surface area contributed by atoms with Crippen LogP contribution in [0.4, 0.5) is 4.79 Å². The van der Waals surface area contributed by atoms with Gasteiger partial charge in [-0.15, -0.1) is 0 Å². The summed E-state index contributed by atoms with van der Waals surface area (Å²) in [5, 5.41) is 9.19. The maximum atomic E-state index is 11.4. The Hall–Kier alpha value is -1.52. The van der Waals surface area contributed by atoms with Crippen LogP contribution in [-0.2, 0) is 9.53 Å². The number of aliphatic hydroxyl groups excluding tert-OH is 1. The van der Waals surface area contributed by atoms with Crippen LogP contribution in [0.25, 0.3) is 0 Å². The third kappa shape index (κ3) is 2.48. The summed E-state index contributed by atoms with van der Waals surface area (Å²) in [7, 11) is 0. The van der Waals surface area contributed by atoms with Crippen molar-refractivity contribution >= 4 is 11.9 Å². The molecule has 0 fully saturated rings. The molecule has 0 radical (unpaired) electrons. The van der Waals surface area contributed by atoms with Gasteiger partial charge < -0.3 is 9.84 Å². The van der Waals surface area contributed by atoms with Crippen molar-refractivity contribution in [2.75, 3.05) is 6.54 Å². The van der Waals surface area contributed by atoms with Crippen LogP contribution in [0.15, 0.2) is 12.0 Å². The molecule has 1 aliphatic rings. The van der Waals surface area contributed by atoms with Gasteiger partial charge in [0.2, 0.25) is 0 Å². The lowest BCUT2D eigenvalue weighted by molar-refractivity contribution is -0.114. The van der Waals surface area contributed by atoms with Crippen molar-refractivity contribution in [3.8, 4) is 0 Å². The first-order chi connectivity index (χ1) is 6.29. The standard InChI is InChI=1S/C9H13NO4/c1-9(2,3)14-8(13)10-5-6(11)4-7(10)12/h4,12H,5H2,1-3H3. The summed E-state index contributed by atoms with van der Waals surface area (Å²) in [6.45, 7) is 4.98. The zero-order valence-corrected chi connectivity index (χ0v) is 8.40. The Morgan fingerprint density at radius 3 is 2.50 bits per heavy atom. The van der Waals surface area contributed by atoms with E-state index >= 15 is 0 Å². The molecule has 1 heterocycles. The number of aliphatic hydroxyl groups is 1. The summed E-state index contributed by atoms with van der Waals surface area (Å²) in [6, 6.07) is 0. The van der Waals surface area contributed by atoms with E-state index in [1.165, 1.54) is 0 Å². The number of carbonyl (C=O) groups excluding carboxylic acids is 2. The van der Waals surface area contributed by atoms with Gasteiger partial charge in [-0.1, -0.05) is 0 Å². The van der Waals surface area contributed by atoms with Gasteiger partial charge in [0, 0.05) is 6.08 Å². The van der Waals surface area contributed by atoms with E-state index < -0.39 is 11.7 Å². The van der Waals surface area contributed by atoms with Crippen molar-refractivity contribution in [2.24, 2.45) is 0 Å². The number of amides is 1. The van der Waals surface area contributed by atoms with Gasteiger partial charge in [-0.2, -0.15) is 0 Å². The van der Waals surface area contributed by atoms with Crippen LogP contribution in [0.5, 0.6) is 0 Å². The number of rotatable bonds is 0. The van der Waals surface area contributed by atoms with Crippen molar-refractivity contribution in [1.82, 2.24) is 4.90 Å². The smallest absolute Gasteiger partial charge is 0.417 e. The quantitative estimate of drug-likeness (QED) is 0.636. The fraction of sp³-hybridized carbons (Fsp3) is 0.556. The molecule has 5 nitrogen and oxygen atoms in total. The maximum Gasteiger partial charge on any atom is 0.417 e. The molecular formula is C9H13NO4. The minimum atomic E-state index is -0.711. The first-order valence-corrected chi connectivity index (χ1v) is 4.23. The van der Waals surface area contributed by atoms with Crippen molar-refractivity contribution < 1.29 is 19.4 Å². The molecule has 0 unspecified atom stereocenters. The first kappa shape index (κ1) is 10.6. The van der Waals surface area contributed by atoms with E-state index in [0.29, 0.717) is 0 Å². The van der Waals surface area contributed by atoms with Crippen LogP contribution in [-0.4, -0.2) is 34.0 Å². The summed E-state index contributed by atoms with van der Waals surface area (Å²) < 4.78 is 4.97. The predicted molar refractivity (Wildman–Crippen MR) is 48.7 cm³/mol. The molecule has 1 N–H and O–H groups in total. The monoisotopic (exact) mass is 199 g/mol. The first-order valence-electron chi connectivity index (χ1n) is 4.23. The second kappa shape index (κ2) is 3.32. The molecular weight excluding hydrogens is 186 g/mol. The van der Waals surface area contributed by atoms with Gasteiger partial charge in [0.05, 0.1) is 6.54 Å². The zero-order chi connectivity index (χ0) is 10.9. The Bertz CT molecular complexity index is 300. The van der Waals surface area contributed by atoms with E-state index in [4.69, 9.17) is 4.74 Å². The molecule has 0 bridgehead atoms. The molecule has 78 valence electrons. The molecule has 0 aromatic carbocycles. The van der Waals surface area contributed by atoms with Gasteiger partial charge in [0.1, 0.15) is 5.60 Å². The summed E-state index contributed by atoms with van der Waals surface area (Å²) in [4.78, 5) is 23.1. The summed E-state index contributed by atoms with van der Waals surface area (Å²) in [5.74, 6) is -0.669. The molecule has 1 rings (SSSR count). The second-order valence-corrected chi connectivity index (χ2v) is 4.04. The van der Waals surface area contributed by atoms with Gasteiger partial charge in [-0.05, 0) is 20.8 Å². The average Bonchev–Trinajstić information content (AvgIpc) is 2.26. The summed E-state index contributed by atoms with van der Waals surface area (Å²) in [6.07, 6.45) is 0.293. The maximum absolute atomic E-state index is 11.4. The molecule has 5 heteroatoms. The molecule has 14 heavy (non-hydrogen) atoms. The van der Waals surface area contributed by atoms with Gasteiger partial charge in [-0.25, -0.2) is 9.69 Å². The molecule has 0 spiro atoms. The number of nitrogens with zero attached hydrogens (tertiary/aromatic N) is 1. The Morgan fingerprint density at radius 2 is 2.14 bits per heavy atom. The van der Waals surface area contributed by atoms with Gasteiger partial charge in [0.15, 0.2) is 11.7 Å². The van der Waals surface area contributed by atoms with Crippen molar-refractivity contribution in [3.05, 3.63) is 12.0 Å². The molecule has 0 saturated heterocycles. The Morgan fingerprint density at radius 1 is 1.57 bits per heavy atom. The van der Waals surface area contributed by atoms with Crippen LogP contribution in [0.1, 0.15) is 20.8 Å². The van der Waals surface area contributed by atoms with E-state index in [0.717, 1.165) is 11.0 Å².